The molecule has 0 unspecified atom stereocenters. The van der Waals surface area contributed by atoms with Crippen LogP contribution in [-0.4, -0.2) is 41.7 Å². The van der Waals surface area contributed by atoms with Gasteiger partial charge in [0.2, 0.25) is 0 Å². The van der Waals surface area contributed by atoms with E-state index in [1.807, 2.05) is 35.6 Å². The topological polar surface area (TPSA) is 34.5 Å². The first-order valence-electron chi connectivity index (χ1n) is 6.55. The van der Waals surface area contributed by atoms with Crippen LogP contribution in [0.2, 0.25) is 0 Å². The second-order valence-corrected chi connectivity index (χ2v) is 6.05. The minimum atomic E-state index is 0.0476. The summed E-state index contributed by atoms with van der Waals surface area (Å²) in [4.78, 5) is 14.5. The number of amides is 1. The van der Waals surface area contributed by atoms with Crippen LogP contribution in [0.1, 0.15) is 44.2 Å². The van der Waals surface area contributed by atoms with Crippen molar-refractivity contribution in [2.24, 2.45) is 0 Å². The molecule has 0 bridgehead atoms. The van der Waals surface area contributed by atoms with E-state index >= 15 is 0 Å². The first-order chi connectivity index (χ1) is 8.88. The highest BCUT2D eigenvalue weighted by molar-refractivity contribution is 9.10. The van der Waals surface area contributed by atoms with E-state index in [0.717, 1.165) is 4.47 Å². The molecule has 19 heavy (non-hydrogen) atoms. The van der Waals surface area contributed by atoms with E-state index in [1.54, 1.807) is 7.11 Å². The number of hydrogen-bond donors (Lipinski definition) is 0. The van der Waals surface area contributed by atoms with E-state index in [4.69, 9.17) is 4.74 Å². The van der Waals surface area contributed by atoms with Gasteiger partial charge in [0.1, 0.15) is 5.69 Å². The van der Waals surface area contributed by atoms with Crippen LogP contribution in [0.25, 0.3) is 0 Å². The lowest BCUT2D eigenvalue weighted by molar-refractivity contribution is 0.0623. The number of hydrogen-bond acceptors (Lipinski definition) is 2. The maximum absolute atomic E-state index is 12.7. The van der Waals surface area contributed by atoms with Crippen LogP contribution < -0.4 is 0 Å². The summed E-state index contributed by atoms with van der Waals surface area (Å²) in [6.07, 6.45) is 1.95. The van der Waals surface area contributed by atoms with Crippen molar-refractivity contribution in [3.63, 3.8) is 0 Å². The van der Waals surface area contributed by atoms with Crippen LogP contribution in [-0.2, 0) is 4.74 Å². The number of rotatable bonds is 6. The molecule has 0 radical (unpaired) electrons. The van der Waals surface area contributed by atoms with Crippen molar-refractivity contribution in [3.05, 3.63) is 22.4 Å². The summed E-state index contributed by atoms with van der Waals surface area (Å²) in [5, 5.41) is 0. The molecule has 108 valence electrons. The molecule has 0 aliphatic rings. The fourth-order valence-electron chi connectivity index (χ4n) is 1.98. The third-order valence-electron chi connectivity index (χ3n) is 3.01. The van der Waals surface area contributed by atoms with E-state index < -0.39 is 0 Å². The second-order valence-electron chi connectivity index (χ2n) is 5.13. The molecule has 0 saturated carbocycles. The van der Waals surface area contributed by atoms with Gasteiger partial charge in [0.15, 0.2) is 0 Å². The SMILES string of the molecule is COCCN(C(=O)c1cc(Br)cn1C(C)C)C(C)C. The molecule has 0 aromatic carbocycles. The number of nitrogens with zero attached hydrogens (tertiary/aromatic N) is 2. The van der Waals surface area contributed by atoms with Gasteiger partial charge in [-0.3, -0.25) is 4.79 Å². The van der Waals surface area contributed by atoms with Crippen LogP contribution in [0.4, 0.5) is 0 Å². The normalized spacial score (nSPS) is 11.4. The van der Waals surface area contributed by atoms with Crippen LogP contribution in [0.15, 0.2) is 16.7 Å². The molecule has 0 N–H and O–H groups in total. The molecule has 5 heteroatoms. The van der Waals surface area contributed by atoms with Gasteiger partial charge in [0, 0.05) is 36.4 Å². The molecule has 1 aromatic heterocycles. The van der Waals surface area contributed by atoms with Gasteiger partial charge in [-0.25, -0.2) is 0 Å². The zero-order valence-electron chi connectivity index (χ0n) is 12.3. The average Bonchev–Trinajstić information content (AvgIpc) is 2.71. The molecule has 0 fully saturated rings. The Morgan fingerprint density at radius 1 is 1.42 bits per heavy atom. The standard InChI is InChI=1S/C14H23BrN2O2/c1-10(2)16(6-7-19-5)14(18)13-8-12(15)9-17(13)11(3)4/h8-11H,6-7H2,1-5H3. The highest BCUT2D eigenvalue weighted by atomic mass is 79.9. The van der Waals surface area contributed by atoms with Gasteiger partial charge < -0.3 is 14.2 Å². The van der Waals surface area contributed by atoms with E-state index in [2.05, 4.69) is 29.8 Å². The molecule has 1 heterocycles. The number of carbonyl (C=O) groups is 1. The Morgan fingerprint density at radius 3 is 2.53 bits per heavy atom. The molecular weight excluding hydrogens is 308 g/mol. The molecule has 0 aliphatic carbocycles. The maximum Gasteiger partial charge on any atom is 0.270 e. The number of methoxy groups -OCH3 is 1. The molecule has 0 saturated heterocycles. The molecular formula is C14H23BrN2O2. The third-order valence-corrected chi connectivity index (χ3v) is 3.44. The highest BCUT2D eigenvalue weighted by Crippen LogP contribution is 2.21. The van der Waals surface area contributed by atoms with Crippen LogP contribution in [0.3, 0.4) is 0 Å². The van der Waals surface area contributed by atoms with Gasteiger partial charge in [-0.15, -0.1) is 0 Å². The van der Waals surface area contributed by atoms with Gasteiger partial charge in [-0.2, -0.15) is 0 Å². The summed E-state index contributed by atoms with van der Waals surface area (Å²) in [6.45, 7) is 9.33. The summed E-state index contributed by atoms with van der Waals surface area (Å²) in [7, 11) is 1.65. The molecule has 0 spiro atoms. The molecule has 1 aromatic rings. The molecule has 1 amide bonds. The van der Waals surface area contributed by atoms with Crippen LogP contribution >= 0.6 is 15.9 Å². The van der Waals surface area contributed by atoms with E-state index in [9.17, 15) is 4.79 Å². The predicted octanol–water partition coefficient (Wildman–Crippen LogP) is 3.33. The first kappa shape index (κ1) is 16.2. The molecule has 1 rings (SSSR count). The Bertz CT molecular complexity index is 427. The Balaban J connectivity index is 3.02. The fourth-order valence-corrected chi connectivity index (χ4v) is 2.41. The maximum atomic E-state index is 12.7. The van der Waals surface area contributed by atoms with E-state index in [-0.39, 0.29) is 18.0 Å². The molecule has 4 nitrogen and oxygen atoms in total. The van der Waals surface area contributed by atoms with Crippen molar-refractivity contribution in [2.75, 3.05) is 20.3 Å². The number of carbonyl (C=O) groups excluding carboxylic acids is 1. The largest absolute Gasteiger partial charge is 0.383 e. The van der Waals surface area contributed by atoms with Crippen molar-refractivity contribution in [2.45, 2.75) is 39.8 Å². The Morgan fingerprint density at radius 2 is 2.05 bits per heavy atom. The second kappa shape index (κ2) is 7.10. The van der Waals surface area contributed by atoms with E-state index in [1.165, 1.54) is 0 Å². The minimum absolute atomic E-state index is 0.0476. The lowest BCUT2D eigenvalue weighted by atomic mass is 10.2. The summed E-state index contributed by atoms with van der Waals surface area (Å²) in [6, 6.07) is 2.28. The number of ether oxygens (including phenoxy) is 1. The Kier molecular flexibility index (Phi) is 6.07. The molecule has 0 aliphatic heterocycles. The van der Waals surface area contributed by atoms with Gasteiger partial charge in [0.25, 0.3) is 5.91 Å². The van der Waals surface area contributed by atoms with Crippen LogP contribution in [0, 0.1) is 0 Å². The minimum Gasteiger partial charge on any atom is -0.383 e. The Labute approximate surface area is 123 Å². The quantitative estimate of drug-likeness (QED) is 0.801. The van der Waals surface area contributed by atoms with Crippen LogP contribution in [0.5, 0.6) is 0 Å². The Hall–Kier alpha value is -0.810. The highest BCUT2D eigenvalue weighted by Gasteiger charge is 2.22. The monoisotopic (exact) mass is 330 g/mol. The zero-order valence-corrected chi connectivity index (χ0v) is 13.9. The van der Waals surface area contributed by atoms with Crippen molar-refractivity contribution in [3.8, 4) is 0 Å². The van der Waals surface area contributed by atoms with Gasteiger partial charge in [0.05, 0.1) is 6.61 Å². The van der Waals surface area contributed by atoms with Gasteiger partial charge >= 0.3 is 0 Å². The summed E-state index contributed by atoms with van der Waals surface area (Å²) in [5.74, 6) is 0.0476. The summed E-state index contributed by atoms with van der Waals surface area (Å²) < 4.78 is 8.01. The van der Waals surface area contributed by atoms with Gasteiger partial charge in [-0.05, 0) is 49.7 Å². The summed E-state index contributed by atoms with van der Waals surface area (Å²) in [5.41, 5.74) is 0.715. The van der Waals surface area contributed by atoms with Crippen molar-refractivity contribution >= 4 is 21.8 Å². The van der Waals surface area contributed by atoms with E-state index in [0.29, 0.717) is 18.8 Å². The number of halogens is 1. The lowest BCUT2D eigenvalue weighted by Gasteiger charge is -2.27. The van der Waals surface area contributed by atoms with Crippen molar-refractivity contribution in [1.82, 2.24) is 9.47 Å². The predicted molar refractivity (Wildman–Crippen MR) is 80.6 cm³/mol. The first-order valence-corrected chi connectivity index (χ1v) is 7.35. The summed E-state index contributed by atoms with van der Waals surface area (Å²) >= 11 is 3.44. The smallest absolute Gasteiger partial charge is 0.270 e. The van der Waals surface area contributed by atoms with Gasteiger partial charge in [-0.1, -0.05) is 0 Å². The molecule has 0 atom stereocenters. The fraction of sp³-hybridized carbons (Fsp3) is 0.643. The number of aromatic nitrogens is 1. The van der Waals surface area contributed by atoms with Crippen molar-refractivity contribution < 1.29 is 9.53 Å². The zero-order chi connectivity index (χ0) is 14.6. The van der Waals surface area contributed by atoms with Crippen molar-refractivity contribution in [1.29, 1.82) is 0 Å². The third kappa shape index (κ3) is 4.08. The average molecular weight is 331 g/mol. The lowest BCUT2D eigenvalue weighted by Crippen LogP contribution is -2.40.